The summed E-state index contributed by atoms with van der Waals surface area (Å²) in [5, 5.41) is 3.13. The van der Waals surface area contributed by atoms with Gasteiger partial charge in [-0.3, -0.25) is 9.10 Å². The van der Waals surface area contributed by atoms with Gasteiger partial charge in [0, 0.05) is 10.7 Å². The lowest BCUT2D eigenvalue weighted by Crippen LogP contribution is -2.38. The van der Waals surface area contributed by atoms with E-state index in [0.29, 0.717) is 10.7 Å². The average Bonchev–Trinajstić information content (AvgIpc) is 2.76. The molecule has 0 fully saturated rings. The van der Waals surface area contributed by atoms with E-state index in [9.17, 15) is 13.2 Å². The first-order valence-corrected chi connectivity index (χ1v) is 11.3. The first-order chi connectivity index (χ1) is 14.7. The lowest BCUT2D eigenvalue weighted by atomic mass is 10.1. The summed E-state index contributed by atoms with van der Waals surface area (Å²) >= 11 is 6.14. The van der Waals surface area contributed by atoms with E-state index in [1.54, 1.807) is 36.4 Å². The van der Waals surface area contributed by atoms with E-state index in [4.69, 9.17) is 16.3 Å². The minimum absolute atomic E-state index is 0.0524. The second-order valence-electron chi connectivity index (χ2n) is 6.94. The number of amides is 1. The van der Waals surface area contributed by atoms with Gasteiger partial charge >= 0.3 is 0 Å². The standard InChI is InChI=1S/C23H23ClN2O4S/c1-16-8-7-11-20(17(16)2)25-23(27)15-26(21-14-18(24)12-13-22(21)30-3)31(28,29)19-9-5-4-6-10-19/h4-14H,15H2,1-3H3,(H,25,27). The molecule has 1 amide bonds. The summed E-state index contributed by atoms with van der Waals surface area (Å²) in [6.07, 6.45) is 0. The summed E-state index contributed by atoms with van der Waals surface area (Å²) in [5.41, 5.74) is 2.73. The van der Waals surface area contributed by atoms with Crippen molar-refractivity contribution >= 4 is 38.9 Å². The van der Waals surface area contributed by atoms with Crippen LogP contribution in [-0.2, 0) is 14.8 Å². The number of rotatable bonds is 7. The number of aryl methyl sites for hydroxylation is 1. The Balaban J connectivity index is 2.04. The number of nitrogens with one attached hydrogen (secondary N) is 1. The fourth-order valence-corrected chi connectivity index (χ4v) is 4.69. The van der Waals surface area contributed by atoms with E-state index in [1.807, 2.05) is 26.0 Å². The van der Waals surface area contributed by atoms with E-state index < -0.39 is 22.5 Å². The summed E-state index contributed by atoms with van der Waals surface area (Å²) in [4.78, 5) is 13.0. The zero-order valence-electron chi connectivity index (χ0n) is 17.4. The number of methoxy groups -OCH3 is 1. The predicted octanol–water partition coefficient (Wildman–Crippen LogP) is 4.80. The van der Waals surface area contributed by atoms with E-state index >= 15 is 0 Å². The fourth-order valence-electron chi connectivity index (χ4n) is 3.08. The highest BCUT2D eigenvalue weighted by Crippen LogP contribution is 2.35. The van der Waals surface area contributed by atoms with E-state index in [1.165, 1.54) is 25.3 Å². The van der Waals surface area contributed by atoms with E-state index in [0.717, 1.165) is 15.4 Å². The van der Waals surface area contributed by atoms with Crippen LogP contribution in [0.2, 0.25) is 5.02 Å². The highest BCUT2D eigenvalue weighted by Gasteiger charge is 2.29. The minimum atomic E-state index is -4.08. The highest BCUT2D eigenvalue weighted by atomic mass is 35.5. The second kappa shape index (κ2) is 9.41. The number of sulfonamides is 1. The van der Waals surface area contributed by atoms with Crippen LogP contribution >= 0.6 is 11.6 Å². The number of benzene rings is 3. The minimum Gasteiger partial charge on any atom is -0.495 e. The summed E-state index contributed by atoms with van der Waals surface area (Å²) in [6, 6.07) is 18.1. The Hall–Kier alpha value is -3.03. The first kappa shape index (κ1) is 22.7. The van der Waals surface area contributed by atoms with Crippen LogP contribution in [0.3, 0.4) is 0 Å². The lowest BCUT2D eigenvalue weighted by molar-refractivity contribution is -0.114. The molecule has 0 aromatic heterocycles. The quantitative estimate of drug-likeness (QED) is 0.551. The molecule has 0 bridgehead atoms. The molecule has 3 aromatic carbocycles. The van der Waals surface area contributed by atoms with Gasteiger partial charge in [-0.2, -0.15) is 0 Å². The first-order valence-electron chi connectivity index (χ1n) is 9.51. The maximum atomic E-state index is 13.5. The second-order valence-corrected chi connectivity index (χ2v) is 9.24. The number of hydrogen-bond acceptors (Lipinski definition) is 4. The van der Waals surface area contributed by atoms with Crippen molar-refractivity contribution < 1.29 is 17.9 Å². The molecule has 3 aromatic rings. The van der Waals surface area contributed by atoms with Gasteiger partial charge in [-0.25, -0.2) is 8.42 Å². The smallest absolute Gasteiger partial charge is 0.264 e. The molecule has 162 valence electrons. The van der Waals surface area contributed by atoms with Gasteiger partial charge in [0.1, 0.15) is 12.3 Å². The third-order valence-corrected chi connectivity index (χ3v) is 6.92. The van der Waals surface area contributed by atoms with Gasteiger partial charge in [0.05, 0.1) is 17.7 Å². The van der Waals surface area contributed by atoms with Crippen LogP contribution in [-0.4, -0.2) is 28.0 Å². The normalized spacial score (nSPS) is 11.1. The molecule has 0 saturated carbocycles. The Morgan fingerprint density at radius 3 is 2.42 bits per heavy atom. The van der Waals surface area contributed by atoms with Crippen LogP contribution < -0.4 is 14.4 Å². The monoisotopic (exact) mass is 458 g/mol. The number of ether oxygens (including phenoxy) is 1. The molecule has 8 heteroatoms. The molecule has 3 rings (SSSR count). The van der Waals surface area contributed by atoms with Gasteiger partial charge in [0.25, 0.3) is 10.0 Å². The Labute approximate surface area is 187 Å². The maximum Gasteiger partial charge on any atom is 0.264 e. The fraction of sp³-hybridized carbons (Fsp3) is 0.174. The van der Waals surface area contributed by atoms with Crippen LogP contribution in [0.1, 0.15) is 11.1 Å². The summed E-state index contributed by atoms with van der Waals surface area (Å²) in [6.45, 7) is 3.37. The van der Waals surface area contributed by atoms with Gasteiger partial charge in [-0.15, -0.1) is 0 Å². The molecular weight excluding hydrogens is 436 g/mol. The van der Waals surface area contributed by atoms with Crippen molar-refractivity contribution in [3.05, 3.63) is 82.9 Å². The van der Waals surface area contributed by atoms with Crippen molar-refractivity contribution in [1.29, 1.82) is 0 Å². The molecule has 0 atom stereocenters. The summed E-state index contributed by atoms with van der Waals surface area (Å²) in [7, 11) is -2.65. The van der Waals surface area contributed by atoms with Crippen molar-refractivity contribution in [2.45, 2.75) is 18.7 Å². The van der Waals surface area contributed by atoms with Gasteiger partial charge < -0.3 is 10.1 Å². The van der Waals surface area contributed by atoms with Crippen LogP contribution in [0.4, 0.5) is 11.4 Å². The number of hydrogen-bond donors (Lipinski definition) is 1. The van der Waals surface area contributed by atoms with Crippen molar-refractivity contribution in [3.8, 4) is 5.75 Å². The topological polar surface area (TPSA) is 75.7 Å². The molecule has 0 aliphatic rings. The molecule has 0 aliphatic heterocycles. The summed E-state index contributed by atoms with van der Waals surface area (Å²) in [5.74, 6) is -0.210. The molecule has 0 unspecified atom stereocenters. The number of halogens is 1. The van der Waals surface area contributed by atoms with E-state index in [-0.39, 0.29) is 16.3 Å². The third kappa shape index (κ3) is 5.00. The molecule has 0 spiro atoms. The van der Waals surface area contributed by atoms with Crippen molar-refractivity contribution in [2.75, 3.05) is 23.3 Å². The molecule has 1 N–H and O–H groups in total. The van der Waals surface area contributed by atoms with Gasteiger partial charge in [0.15, 0.2) is 0 Å². The van der Waals surface area contributed by atoms with Crippen LogP contribution in [0.25, 0.3) is 0 Å². The van der Waals surface area contributed by atoms with E-state index in [2.05, 4.69) is 5.32 Å². The highest BCUT2D eigenvalue weighted by molar-refractivity contribution is 7.92. The number of carbonyl (C=O) groups is 1. The Morgan fingerprint density at radius 1 is 1.03 bits per heavy atom. The number of anilines is 2. The molecule has 31 heavy (non-hydrogen) atoms. The molecule has 0 saturated heterocycles. The van der Waals surface area contributed by atoms with Crippen LogP contribution in [0.15, 0.2) is 71.6 Å². The number of nitrogens with zero attached hydrogens (tertiary/aromatic N) is 1. The predicted molar refractivity (Wildman–Crippen MR) is 124 cm³/mol. The maximum absolute atomic E-state index is 13.5. The van der Waals surface area contributed by atoms with Crippen LogP contribution in [0, 0.1) is 13.8 Å². The zero-order chi connectivity index (χ0) is 22.6. The zero-order valence-corrected chi connectivity index (χ0v) is 19.0. The Kier molecular flexibility index (Phi) is 6.87. The summed E-state index contributed by atoms with van der Waals surface area (Å²) < 4.78 is 33.3. The average molecular weight is 459 g/mol. The van der Waals surface area contributed by atoms with Gasteiger partial charge in [-0.05, 0) is 61.4 Å². The van der Waals surface area contributed by atoms with Crippen molar-refractivity contribution in [1.82, 2.24) is 0 Å². The molecule has 0 heterocycles. The largest absolute Gasteiger partial charge is 0.495 e. The Morgan fingerprint density at radius 2 is 1.74 bits per heavy atom. The molecule has 0 radical (unpaired) electrons. The van der Waals surface area contributed by atoms with Crippen molar-refractivity contribution in [3.63, 3.8) is 0 Å². The van der Waals surface area contributed by atoms with Gasteiger partial charge in [0.2, 0.25) is 5.91 Å². The SMILES string of the molecule is COc1ccc(Cl)cc1N(CC(=O)Nc1cccc(C)c1C)S(=O)(=O)c1ccccc1. The van der Waals surface area contributed by atoms with Gasteiger partial charge in [-0.1, -0.05) is 41.9 Å². The molecular formula is C23H23ClN2O4S. The third-order valence-electron chi connectivity index (χ3n) is 4.91. The lowest BCUT2D eigenvalue weighted by Gasteiger charge is -2.26. The number of carbonyl (C=O) groups excluding carboxylic acids is 1. The molecule has 6 nitrogen and oxygen atoms in total. The van der Waals surface area contributed by atoms with Crippen molar-refractivity contribution in [2.24, 2.45) is 0 Å². The Bertz CT molecular complexity index is 1200. The van der Waals surface area contributed by atoms with Crippen LogP contribution in [0.5, 0.6) is 5.75 Å². The molecule has 0 aliphatic carbocycles.